The Bertz CT molecular complexity index is 3070. The molecular weight excluding hydrogens is 721 g/mol. The first-order chi connectivity index (χ1) is 29.2. The molecule has 0 atom stereocenters. The Balaban J connectivity index is 1.22. The number of nitrogens with one attached hydrogen (secondary N) is 2. The van der Waals surface area contributed by atoms with E-state index >= 15 is 0 Å². The lowest BCUT2D eigenvalue weighted by atomic mass is 9.98. The minimum atomic E-state index is 0.484. The van der Waals surface area contributed by atoms with Gasteiger partial charge in [0.05, 0.1) is 41.5 Å². The Morgan fingerprint density at radius 2 is 1.03 bits per heavy atom. The standard InChI is InChI=1S/C54H40N4O/c1-2-36-21-23-37(24-22-36)34-59-35-38-13-12-20-42(31-38)45-33-44-32-43-25-26-46(55-43)51(39-14-6-3-7-15-39)47-27-28-48(57-47)52(40-16-8-4-9-17-40)49-29-30-50(58-49)53(54(45)56-44)41-18-10-5-11-19-41/h2-33,56-57H,1,34-35H2. The van der Waals surface area contributed by atoms with Gasteiger partial charge in [-0.25, -0.2) is 9.97 Å². The monoisotopic (exact) mass is 760 g/mol. The van der Waals surface area contributed by atoms with Crippen molar-refractivity contribution in [1.29, 1.82) is 0 Å². The Morgan fingerprint density at radius 3 is 1.68 bits per heavy atom. The van der Waals surface area contributed by atoms with Gasteiger partial charge in [0, 0.05) is 38.8 Å². The van der Waals surface area contributed by atoms with E-state index in [0.29, 0.717) is 13.2 Å². The third-order valence-electron chi connectivity index (χ3n) is 10.9. The summed E-state index contributed by atoms with van der Waals surface area (Å²) in [6.07, 6.45) is 10.4. The van der Waals surface area contributed by atoms with Crippen LogP contribution in [0.15, 0.2) is 170 Å². The third kappa shape index (κ3) is 7.27. The average molecular weight is 761 g/mol. The van der Waals surface area contributed by atoms with Gasteiger partial charge in [0.15, 0.2) is 0 Å². The smallest absolute Gasteiger partial charge is 0.0737 e. The molecule has 282 valence electrons. The summed E-state index contributed by atoms with van der Waals surface area (Å²) in [5.74, 6) is 0. The van der Waals surface area contributed by atoms with Crippen molar-refractivity contribution in [3.8, 4) is 44.5 Å². The lowest BCUT2D eigenvalue weighted by Gasteiger charge is -2.09. The van der Waals surface area contributed by atoms with Crippen molar-refractivity contribution in [3.05, 3.63) is 210 Å². The Hall–Kier alpha value is -7.60. The molecule has 8 aromatic rings. The number of aromatic nitrogens is 4. The number of fused-ring (bicyclic) bond motifs is 8. The number of ether oxygens (including phenoxy) is 1. The van der Waals surface area contributed by atoms with E-state index in [4.69, 9.17) is 14.7 Å². The van der Waals surface area contributed by atoms with E-state index in [9.17, 15) is 0 Å². The van der Waals surface area contributed by atoms with Crippen LogP contribution in [0.1, 0.15) is 39.5 Å². The first kappa shape index (κ1) is 35.8. The number of nitrogens with zero attached hydrogens (tertiary/aromatic N) is 2. The van der Waals surface area contributed by atoms with Gasteiger partial charge >= 0.3 is 0 Å². The molecule has 5 heteroatoms. The molecule has 2 aliphatic heterocycles. The molecule has 2 N–H and O–H groups in total. The van der Waals surface area contributed by atoms with Gasteiger partial charge in [-0.05, 0) is 93.6 Å². The van der Waals surface area contributed by atoms with Crippen molar-refractivity contribution in [2.75, 3.05) is 0 Å². The predicted octanol–water partition coefficient (Wildman–Crippen LogP) is 13.7. The first-order valence-electron chi connectivity index (χ1n) is 19.9. The van der Waals surface area contributed by atoms with Crippen LogP contribution in [0.3, 0.4) is 0 Å². The second-order valence-corrected chi connectivity index (χ2v) is 14.8. The van der Waals surface area contributed by atoms with E-state index in [-0.39, 0.29) is 0 Å². The van der Waals surface area contributed by atoms with E-state index in [1.807, 2.05) is 12.1 Å². The maximum atomic E-state index is 6.24. The number of rotatable bonds is 9. The zero-order chi connectivity index (χ0) is 39.5. The summed E-state index contributed by atoms with van der Waals surface area (Å²) in [6.45, 7) is 4.88. The molecule has 5 heterocycles. The first-order valence-corrected chi connectivity index (χ1v) is 19.9. The fraction of sp³-hybridized carbons (Fsp3) is 0.0370. The molecule has 0 aliphatic carbocycles. The van der Waals surface area contributed by atoms with Crippen molar-refractivity contribution in [1.82, 2.24) is 19.9 Å². The van der Waals surface area contributed by atoms with Gasteiger partial charge in [0.1, 0.15) is 0 Å². The van der Waals surface area contributed by atoms with Crippen molar-refractivity contribution in [2.45, 2.75) is 13.2 Å². The minimum absolute atomic E-state index is 0.484. The van der Waals surface area contributed by atoms with Gasteiger partial charge in [-0.2, -0.15) is 0 Å². The summed E-state index contributed by atoms with van der Waals surface area (Å²) < 4.78 is 6.24. The molecule has 0 radical (unpaired) electrons. The summed E-state index contributed by atoms with van der Waals surface area (Å²) in [5, 5.41) is 0. The SMILES string of the molecule is C=Cc1ccc(COCc2cccc(-c3cc4cc5nc(c(-c6ccccc6)c6ccc([nH]6)c(-c6ccccc6)c6nc(c(-c7ccccc7)c3[nH]4)C=C6)C=C5)c2)cc1. The largest absolute Gasteiger partial charge is 0.372 e. The van der Waals surface area contributed by atoms with Gasteiger partial charge in [-0.3, -0.25) is 0 Å². The number of benzene rings is 5. The molecule has 5 nitrogen and oxygen atoms in total. The third-order valence-corrected chi connectivity index (χ3v) is 10.9. The van der Waals surface area contributed by atoms with Crippen molar-refractivity contribution < 1.29 is 4.74 Å². The van der Waals surface area contributed by atoms with Gasteiger partial charge in [0.2, 0.25) is 0 Å². The molecule has 2 aliphatic rings. The number of H-pyrrole nitrogens is 2. The molecule has 0 unspecified atom stereocenters. The lowest BCUT2D eigenvalue weighted by molar-refractivity contribution is 0.107. The van der Waals surface area contributed by atoms with Crippen LogP contribution in [-0.4, -0.2) is 19.9 Å². The van der Waals surface area contributed by atoms with E-state index in [2.05, 4.69) is 199 Å². The summed E-state index contributed by atoms with van der Waals surface area (Å²) in [4.78, 5) is 18.4. The fourth-order valence-electron chi connectivity index (χ4n) is 8.05. The van der Waals surface area contributed by atoms with Crippen molar-refractivity contribution >= 4 is 52.4 Å². The lowest BCUT2D eigenvalue weighted by Crippen LogP contribution is -1.95. The Kier molecular flexibility index (Phi) is 9.55. The summed E-state index contributed by atoms with van der Waals surface area (Å²) in [5.41, 5.74) is 19.2. The highest BCUT2D eigenvalue weighted by Crippen LogP contribution is 2.39. The molecule has 5 aromatic carbocycles. The van der Waals surface area contributed by atoms with E-state index < -0.39 is 0 Å². The summed E-state index contributed by atoms with van der Waals surface area (Å²) in [7, 11) is 0. The van der Waals surface area contributed by atoms with E-state index in [0.717, 1.165) is 106 Å². The summed E-state index contributed by atoms with van der Waals surface area (Å²) >= 11 is 0. The molecule has 3 aromatic heterocycles. The highest BCUT2D eigenvalue weighted by molar-refractivity contribution is 6.01. The van der Waals surface area contributed by atoms with Crippen molar-refractivity contribution in [2.24, 2.45) is 0 Å². The van der Waals surface area contributed by atoms with Gasteiger partial charge in [-0.1, -0.05) is 146 Å². The molecule has 10 rings (SSSR count). The second-order valence-electron chi connectivity index (χ2n) is 14.8. The molecule has 59 heavy (non-hydrogen) atoms. The molecule has 0 amide bonds. The zero-order valence-electron chi connectivity index (χ0n) is 32.4. The quantitative estimate of drug-likeness (QED) is 0.154. The van der Waals surface area contributed by atoms with Crippen LogP contribution < -0.4 is 0 Å². The van der Waals surface area contributed by atoms with E-state index in [1.54, 1.807) is 0 Å². The van der Waals surface area contributed by atoms with Crippen LogP contribution in [-0.2, 0) is 18.0 Å². The number of hydrogen-bond donors (Lipinski definition) is 2. The van der Waals surface area contributed by atoms with Crippen LogP contribution in [0, 0.1) is 0 Å². The molecule has 0 saturated heterocycles. The zero-order valence-corrected chi connectivity index (χ0v) is 32.4. The van der Waals surface area contributed by atoms with Crippen LogP contribution in [0.2, 0.25) is 0 Å². The predicted molar refractivity (Wildman–Crippen MR) is 246 cm³/mol. The topological polar surface area (TPSA) is 66.6 Å². The highest BCUT2D eigenvalue weighted by Gasteiger charge is 2.19. The van der Waals surface area contributed by atoms with Gasteiger partial charge < -0.3 is 14.7 Å². The molecule has 0 spiro atoms. The fourth-order valence-corrected chi connectivity index (χ4v) is 8.05. The molecule has 0 fully saturated rings. The number of aromatic amines is 2. The van der Waals surface area contributed by atoms with E-state index in [1.165, 1.54) is 0 Å². The normalized spacial score (nSPS) is 11.9. The second kappa shape index (κ2) is 15.7. The maximum Gasteiger partial charge on any atom is 0.0737 e. The van der Waals surface area contributed by atoms with Gasteiger partial charge in [-0.15, -0.1) is 0 Å². The Morgan fingerprint density at radius 1 is 0.475 bits per heavy atom. The van der Waals surface area contributed by atoms with Crippen LogP contribution in [0.25, 0.3) is 97.0 Å². The highest BCUT2D eigenvalue weighted by atomic mass is 16.5. The maximum absolute atomic E-state index is 6.24. The summed E-state index contributed by atoms with van der Waals surface area (Å²) in [6, 6.07) is 57.2. The minimum Gasteiger partial charge on any atom is -0.372 e. The molecule has 8 bridgehead atoms. The van der Waals surface area contributed by atoms with Crippen LogP contribution in [0.5, 0.6) is 0 Å². The van der Waals surface area contributed by atoms with Gasteiger partial charge in [0.25, 0.3) is 0 Å². The number of hydrogen-bond acceptors (Lipinski definition) is 3. The van der Waals surface area contributed by atoms with Crippen LogP contribution >= 0.6 is 0 Å². The Labute approximate surface area is 343 Å². The molecular formula is C54H40N4O. The average Bonchev–Trinajstić information content (AvgIpc) is 4.13. The van der Waals surface area contributed by atoms with Crippen molar-refractivity contribution in [3.63, 3.8) is 0 Å². The van der Waals surface area contributed by atoms with Crippen LogP contribution in [0.4, 0.5) is 0 Å². The molecule has 0 saturated carbocycles.